The van der Waals surface area contributed by atoms with Gasteiger partial charge in [0.15, 0.2) is 0 Å². The highest BCUT2D eigenvalue weighted by molar-refractivity contribution is 5.54. The first kappa shape index (κ1) is 22.7. The van der Waals surface area contributed by atoms with E-state index in [2.05, 4.69) is 64.1 Å². The number of phenols is 2. The largest absolute Gasteiger partial charge is 0.507 e. The standard InChI is InChI=1S/C31H32O2/c1-20-15-26(30(32)28(17-20)22(3)24-11-7-5-8-12-24)19-27-16-21(2)18-29(31(27)33)23(4)25-13-9-6-10-14-25/h5-18,22-23,32-33H,19H2,1-4H3/t22-,23-/m1/s1. The predicted octanol–water partition coefficient (Wildman–Crippen LogP) is 7.61. The summed E-state index contributed by atoms with van der Waals surface area (Å²) >= 11 is 0. The molecule has 0 heterocycles. The van der Waals surface area contributed by atoms with E-state index in [0.29, 0.717) is 17.9 Å². The Labute approximate surface area is 197 Å². The van der Waals surface area contributed by atoms with E-state index in [1.165, 1.54) is 11.1 Å². The van der Waals surface area contributed by atoms with Gasteiger partial charge in [0.05, 0.1) is 0 Å². The van der Waals surface area contributed by atoms with Crippen molar-refractivity contribution in [1.82, 2.24) is 0 Å². The fourth-order valence-corrected chi connectivity index (χ4v) is 4.75. The third-order valence-electron chi connectivity index (χ3n) is 6.64. The third-order valence-corrected chi connectivity index (χ3v) is 6.64. The van der Waals surface area contributed by atoms with Crippen LogP contribution in [0.5, 0.6) is 11.5 Å². The van der Waals surface area contributed by atoms with Crippen LogP contribution in [-0.4, -0.2) is 10.2 Å². The van der Waals surface area contributed by atoms with Gasteiger partial charge in [-0.3, -0.25) is 0 Å². The predicted molar refractivity (Wildman–Crippen MR) is 136 cm³/mol. The van der Waals surface area contributed by atoms with E-state index in [1.807, 2.05) is 48.5 Å². The summed E-state index contributed by atoms with van der Waals surface area (Å²) in [7, 11) is 0. The first-order valence-corrected chi connectivity index (χ1v) is 11.6. The molecule has 4 aromatic rings. The van der Waals surface area contributed by atoms with Gasteiger partial charge >= 0.3 is 0 Å². The molecule has 0 fully saturated rings. The van der Waals surface area contributed by atoms with Gasteiger partial charge in [-0.15, -0.1) is 0 Å². The zero-order chi connectivity index (χ0) is 23.5. The molecule has 0 amide bonds. The Kier molecular flexibility index (Phi) is 6.55. The number of phenolic OH excluding ortho intramolecular Hbond substituents is 2. The lowest BCUT2D eigenvalue weighted by Crippen LogP contribution is -2.03. The molecule has 2 N–H and O–H groups in total. The smallest absolute Gasteiger partial charge is 0.122 e. The van der Waals surface area contributed by atoms with Crippen molar-refractivity contribution in [3.8, 4) is 11.5 Å². The maximum absolute atomic E-state index is 11.2. The molecule has 0 aliphatic heterocycles. The second-order valence-electron chi connectivity index (χ2n) is 9.17. The number of benzene rings is 4. The van der Waals surface area contributed by atoms with Gasteiger partial charge in [-0.25, -0.2) is 0 Å². The van der Waals surface area contributed by atoms with Crippen LogP contribution in [0.4, 0.5) is 0 Å². The summed E-state index contributed by atoms with van der Waals surface area (Å²) in [4.78, 5) is 0. The molecule has 2 nitrogen and oxygen atoms in total. The molecule has 0 radical (unpaired) electrons. The van der Waals surface area contributed by atoms with E-state index in [0.717, 1.165) is 33.4 Å². The molecule has 0 aliphatic rings. The minimum absolute atomic E-state index is 0.0737. The van der Waals surface area contributed by atoms with E-state index in [1.54, 1.807) is 0 Å². The van der Waals surface area contributed by atoms with Crippen molar-refractivity contribution in [2.75, 3.05) is 0 Å². The molecule has 0 spiro atoms. The number of aryl methyl sites for hydroxylation is 2. The quantitative estimate of drug-likeness (QED) is 0.326. The SMILES string of the molecule is Cc1cc(Cc2cc(C)cc([C@H](C)c3ccccc3)c2O)c(O)c([C@H](C)c2ccccc2)c1. The van der Waals surface area contributed by atoms with Crippen molar-refractivity contribution >= 4 is 0 Å². The maximum atomic E-state index is 11.2. The summed E-state index contributed by atoms with van der Waals surface area (Å²) in [5.74, 6) is 0.778. The zero-order valence-corrected chi connectivity index (χ0v) is 19.8. The highest BCUT2D eigenvalue weighted by Crippen LogP contribution is 2.39. The average molecular weight is 437 g/mol. The summed E-state index contributed by atoms with van der Waals surface area (Å²) < 4.78 is 0. The van der Waals surface area contributed by atoms with Crippen molar-refractivity contribution < 1.29 is 10.2 Å². The normalized spacial score (nSPS) is 13.0. The molecule has 4 aromatic carbocycles. The van der Waals surface area contributed by atoms with E-state index < -0.39 is 0 Å². The minimum atomic E-state index is 0.0737. The molecule has 33 heavy (non-hydrogen) atoms. The number of hydrogen-bond acceptors (Lipinski definition) is 2. The average Bonchev–Trinajstić information content (AvgIpc) is 2.83. The van der Waals surface area contributed by atoms with Crippen LogP contribution in [0, 0.1) is 13.8 Å². The van der Waals surface area contributed by atoms with Gasteiger partial charge in [-0.1, -0.05) is 110 Å². The van der Waals surface area contributed by atoms with E-state index in [9.17, 15) is 10.2 Å². The zero-order valence-electron chi connectivity index (χ0n) is 19.8. The second-order valence-corrected chi connectivity index (χ2v) is 9.17. The molecule has 0 saturated carbocycles. The monoisotopic (exact) mass is 436 g/mol. The molecule has 2 atom stereocenters. The van der Waals surface area contributed by atoms with E-state index in [-0.39, 0.29) is 11.8 Å². The second kappa shape index (κ2) is 9.54. The van der Waals surface area contributed by atoms with Gasteiger partial charge in [0.25, 0.3) is 0 Å². The van der Waals surface area contributed by atoms with Crippen LogP contribution in [-0.2, 0) is 6.42 Å². The van der Waals surface area contributed by atoms with Crippen molar-refractivity contribution in [3.63, 3.8) is 0 Å². The Morgan fingerprint density at radius 1 is 0.576 bits per heavy atom. The van der Waals surface area contributed by atoms with Crippen molar-refractivity contribution in [3.05, 3.63) is 129 Å². The first-order valence-electron chi connectivity index (χ1n) is 11.6. The Bertz CT molecular complexity index is 1140. The molecule has 0 unspecified atom stereocenters. The Morgan fingerprint density at radius 2 is 0.939 bits per heavy atom. The molecule has 0 bridgehead atoms. The van der Waals surface area contributed by atoms with E-state index >= 15 is 0 Å². The van der Waals surface area contributed by atoms with Gasteiger partial charge in [-0.05, 0) is 36.1 Å². The fraction of sp³-hybridized carbons (Fsp3) is 0.226. The fourth-order valence-electron chi connectivity index (χ4n) is 4.75. The molecule has 2 heteroatoms. The van der Waals surface area contributed by atoms with Gasteiger partial charge in [0.2, 0.25) is 0 Å². The van der Waals surface area contributed by atoms with Crippen LogP contribution in [0.1, 0.15) is 70.2 Å². The van der Waals surface area contributed by atoms with Crippen LogP contribution in [0.15, 0.2) is 84.9 Å². The minimum Gasteiger partial charge on any atom is -0.507 e. The van der Waals surface area contributed by atoms with Crippen LogP contribution >= 0.6 is 0 Å². The lowest BCUT2D eigenvalue weighted by atomic mass is 9.86. The maximum Gasteiger partial charge on any atom is 0.122 e. The number of rotatable bonds is 6. The lowest BCUT2D eigenvalue weighted by molar-refractivity contribution is 0.453. The van der Waals surface area contributed by atoms with Gasteiger partial charge < -0.3 is 10.2 Å². The van der Waals surface area contributed by atoms with Crippen molar-refractivity contribution in [2.45, 2.75) is 46.0 Å². The van der Waals surface area contributed by atoms with Gasteiger partial charge in [0, 0.05) is 29.4 Å². The van der Waals surface area contributed by atoms with Gasteiger partial charge in [-0.2, -0.15) is 0 Å². The van der Waals surface area contributed by atoms with Crippen LogP contribution in [0.25, 0.3) is 0 Å². The molecule has 168 valence electrons. The first-order chi connectivity index (χ1) is 15.8. The van der Waals surface area contributed by atoms with Crippen LogP contribution in [0.2, 0.25) is 0 Å². The molecule has 0 saturated heterocycles. The molecule has 0 aromatic heterocycles. The summed E-state index contributed by atoms with van der Waals surface area (Å²) in [6, 6.07) is 28.7. The highest BCUT2D eigenvalue weighted by Gasteiger charge is 2.20. The van der Waals surface area contributed by atoms with Crippen LogP contribution in [0.3, 0.4) is 0 Å². The van der Waals surface area contributed by atoms with Gasteiger partial charge in [0.1, 0.15) is 11.5 Å². The van der Waals surface area contributed by atoms with Crippen LogP contribution < -0.4 is 0 Å². The number of hydrogen-bond donors (Lipinski definition) is 2. The Balaban J connectivity index is 1.73. The summed E-state index contributed by atoms with van der Waals surface area (Å²) in [5.41, 5.74) is 8.06. The molecular weight excluding hydrogens is 404 g/mol. The van der Waals surface area contributed by atoms with Crippen molar-refractivity contribution in [2.24, 2.45) is 0 Å². The van der Waals surface area contributed by atoms with Crippen molar-refractivity contribution in [1.29, 1.82) is 0 Å². The molecular formula is C31H32O2. The Morgan fingerprint density at radius 3 is 1.30 bits per heavy atom. The number of aromatic hydroxyl groups is 2. The van der Waals surface area contributed by atoms with E-state index in [4.69, 9.17) is 0 Å². The Hall–Kier alpha value is -3.52. The highest BCUT2D eigenvalue weighted by atomic mass is 16.3. The third kappa shape index (κ3) is 4.80. The molecule has 4 rings (SSSR count). The summed E-state index contributed by atoms with van der Waals surface area (Å²) in [6.07, 6.45) is 0.476. The summed E-state index contributed by atoms with van der Waals surface area (Å²) in [5, 5.41) is 22.5. The summed E-state index contributed by atoms with van der Waals surface area (Å²) in [6.45, 7) is 8.36. The lowest BCUT2D eigenvalue weighted by Gasteiger charge is -2.20. The topological polar surface area (TPSA) is 40.5 Å². The molecule has 0 aliphatic carbocycles.